The Kier molecular flexibility index (Phi) is 5.62. The lowest BCUT2D eigenvalue weighted by Crippen LogP contribution is -2.34. The average molecular weight is 397 g/mol. The van der Waals surface area contributed by atoms with Gasteiger partial charge in [-0.3, -0.25) is 9.69 Å². The zero-order valence-corrected chi connectivity index (χ0v) is 17.2. The SMILES string of the molecule is COc1ccc(CCC(=O)C[C@@H]2c3c(cc4c(c3OC)OCO4)CCN2C)cc1. The molecule has 0 unspecified atom stereocenters. The number of methoxy groups -OCH3 is 2. The van der Waals surface area contributed by atoms with Gasteiger partial charge in [0, 0.05) is 31.0 Å². The second-order valence-corrected chi connectivity index (χ2v) is 7.55. The van der Waals surface area contributed by atoms with E-state index in [0.717, 1.165) is 42.0 Å². The molecule has 2 heterocycles. The average Bonchev–Trinajstić information content (AvgIpc) is 3.21. The molecule has 0 aromatic heterocycles. The van der Waals surface area contributed by atoms with E-state index in [9.17, 15) is 4.79 Å². The zero-order valence-electron chi connectivity index (χ0n) is 17.2. The Bertz CT molecular complexity index is 893. The third-order valence-electron chi connectivity index (χ3n) is 5.82. The molecule has 154 valence electrons. The van der Waals surface area contributed by atoms with E-state index in [0.29, 0.717) is 24.3 Å². The molecule has 0 saturated carbocycles. The van der Waals surface area contributed by atoms with Gasteiger partial charge in [0.1, 0.15) is 11.5 Å². The van der Waals surface area contributed by atoms with Gasteiger partial charge in [-0.2, -0.15) is 0 Å². The minimum Gasteiger partial charge on any atom is -0.497 e. The number of aryl methyl sites for hydroxylation is 1. The van der Waals surface area contributed by atoms with Crippen LogP contribution in [0.1, 0.15) is 35.6 Å². The molecule has 0 bridgehead atoms. The fraction of sp³-hybridized carbons (Fsp3) is 0.435. The summed E-state index contributed by atoms with van der Waals surface area (Å²) < 4.78 is 22.1. The van der Waals surface area contributed by atoms with E-state index in [1.54, 1.807) is 14.2 Å². The van der Waals surface area contributed by atoms with Crippen molar-refractivity contribution in [2.24, 2.45) is 0 Å². The molecule has 2 aliphatic heterocycles. The maximum atomic E-state index is 12.8. The first-order valence-corrected chi connectivity index (χ1v) is 9.95. The minimum atomic E-state index is -0.0217. The Morgan fingerprint density at radius 1 is 1.17 bits per heavy atom. The second-order valence-electron chi connectivity index (χ2n) is 7.55. The van der Waals surface area contributed by atoms with Crippen molar-refractivity contribution in [3.8, 4) is 23.0 Å². The number of Topliss-reactive ketones (excluding diaryl/α,β-unsaturated/α-hetero) is 1. The number of carbonyl (C=O) groups excluding carboxylic acids is 1. The number of carbonyl (C=O) groups is 1. The molecule has 2 aromatic rings. The van der Waals surface area contributed by atoms with Crippen LogP contribution >= 0.6 is 0 Å². The molecule has 6 nitrogen and oxygen atoms in total. The Hall–Kier alpha value is -2.73. The monoisotopic (exact) mass is 397 g/mol. The van der Waals surface area contributed by atoms with Gasteiger partial charge in [-0.25, -0.2) is 0 Å². The number of benzene rings is 2. The van der Waals surface area contributed by atoms with E-state index in [2.05, 4.69) is 11.9 Å². The fourth-order valence-corrected chi connectivity index (χ4v) is 4.18. The lowest BCUT2D eigenvalue weighted by Gasteiger charge is -2.35. The van der Waals surface area contributed by atoms with E-state index >= 15 is 0 Å². The highest BCUT2D eigenvalue weighted by molar-refractivity contribution is 5.80. The summed E-state index contributed by atoms with van der Waals surface area (Å²) in [6.45, 7) is 1.10. The maximum absolute atomic E-state index is 12.8. The summed E-state index contributed by atoms with van der Waals surface area (Å²) in [5.74, 6) is 3.15. The second kappa shape index (κ2) is 8.33. The van der Waals surface area contributed by atoms with Crippen molar-refractivity contribution in [1.29, 1.82) is 0 Å². The van der Waals surface area contributed by atoms with Crippen LogP contribution in [0.3, 0.4) is 0 Å². The van der Waals surface area contributed by atoms with Crippen molar-refractivity contribution in [2.75, 3.05) is 34.6 Å². The van der Waals surface area contributed by atoms with Gasteiger partial charge in [-0.05, 0) is 49.2 Å². The lowest BCUT2D eigenvalue weighted by atomic mass is 9.87. The molecule has 29 heavy (non-hydrogen) atoms. The maximum Gasteiger partial charge on any atom is 0.231 e. The van der Waals surface area contributed by atoms with Crippen LogP contribution in [0.2, 0.25) is 0 Å². The van der Waals surface area contributed by atoms with Crippen molar-refractivity contribution in [1.82, 2.24) is 4.90 Å². The summed E-state index contributed by atoms with van der Waals surface area (Å²) in [5.41, 5.74) is 3.37. The van der Waals surface area contributed by atoms with Crippen LogP contribution in [-0.2, 0) is 17.6 Å². The predicted octanol–water partition coefficient (Wildman–Crippen LogP) is 3.55. The first kappa shape index (κ1) is 19.6. The van der Waals surface area contributed by atoms with Crippen LogP contribution < -0.4 is 18.9 Å². The first-order valence-electron chi connectivity index (χ1n) is 9.95. The molecule has 1 atom stereocenters. The molecule has 2 aromatic carbocycles. The largest absolute Gasteiger partial charge is 0.497 e. The molecule has 0 fully saturated rings. The molecule has 0 spiro atoms. The lowest BCUT2D eigenvalue weighted by molar-refractivity contribution is -0.120. The molecular weight excluding hydrogens is 370 g/mol. The van der Waals surface area contributed by atoms with Crippen molar-refractivity contribution in [3.05, 3.63) is 47.0 Å². The smallest absolute Gasteiger partial charge is 0.231 e. The van der Waals surface area contributed by atoms with Crippen molar-refractivity contribution >= 4 is 5.78 Å². The molecule has 0 aliphatic carbocycles. The minimum absolute atomic E-state index is 0.0217. The van der Waals surface area contributed by atoms with E-state index in [4.69, 9.17) is 18.9 Å². The number of rotatable bonds is 7. The number of hydrogen-bond acceptors (Lipinski definition) is 6. The van der Waals surface area contributed by atoms with Crippen molar-refractivity contribution in [2.45, 2.75) is 31.7 Å². The molecule has 2 aliphatic rings. The first-order chi connectivity index (χ1) is 14.1. The summed E-state index contributed by atoms with van der Waals surface area (Å²) in [6.07, 6.45) is 2.59. The van der Waals surface area contributed by atoms with Gasteiger partial charge in [-0.15, -0.1) is 0 Å². The number of likely N-dealkylation sites (N-methyl/N-ethyl adjacent to an activating group) is 1. The Balaban J connectivity index is 1.50. The highest BCUT2D eigenvalue weighted by atomic mass is 16.7. The summed E-state index contributed by atoms with van der Waals surface area (Å²) in [7, 11) is 5.36. The topological polar surface area (TPSA) is 57.2 Å². The summed E-state index contributed by atoms with van der Waals surface area (Å²) in [4.78, 5) is 15.1. The van der Waals surface area contributed by atoms with Crippen LogP contribution in [0, 0.1) is 0 Å². The van der Waals surface area contributed by atoms with Gasteiger partial charge in [0.25, 0.3) is 0 Å². The Morgan fingerprint density at radius 2 is 1.97 bits per heavy atom. The number of hydrogen-bond donors (Lipinski definition) is 0. The zero-order chi connectivity index (χ0) is 20.4. The van der Waals surface area contributed by atoms with E-state index < -0.39 is 0 Å². The van der Waals surface area contributed by atoms with Gasteiger partial charge >= 0.3 is 0 Å². The standard InChI is InChI=1S/C23H27NO5/c1-24-11-10-16-12-20-22(29-14-28-20)23(27-3)21(16)19(24)13-17(25)7-4-15-5-8-18(26-2)9-6-15/h5-6,8-9,12,19H,4,7,10-11,13-14H2,1-3H3/t19-/m1/s1. The van der Waals surface area contributed by atoms with Crippen molar-refractivity contribution in [3.63, 3.8) is 0 Å². The van der Waals surface area contributed by atoms with Crippen LogP contribution in [0.4, 0.5) is 0 Å². The molecule has 4 rings (SSSR count). The van der Waals surface area contributed by atoms with Crippen LogP contribution in [0.25, 0.3) is 0 Å². The molecule has 0 N–H and O–H groups in total. The summed E-state index contributed by atoms with van der Waals surface area (Å²) in [5, 5.41) is 0. The van der Waals surface area contributed by atoms with Crippen molar-refractivity contribution < 1.29 is 23.7 Å². The number of nitrogens with zero attached hydrogens (tertiary/aromatic N) is 1. The number of fused-ring (bicyclic) bond motifs is 2. The normalized spacial score (nSPS) is 17.7. The fourth-order valence-electron chi connectivity index (χ4n) is 4.18. The molecule has 0 radical (unpaired) electrons. The van der Waals surface area contributed by atoms with E-state index in [1.807, 2.05) is 30.3 Å². The van der Waals surface area contributed by atoms with Crippen LogP contribution in [0.15, 0.2) is 30.3 Å². The van der Waals surface area contributed by atoms with Crippen LogP contribution in [-0.4, -0.2) is 45.3 Å². The molecule has 0 amide bonds. The molecule has 6 heteroatoms. The quantitative estimate of drug-likeness (QED) is 0.712. The Labute approximate surface area is 171 Å². The van der Waals surface area contributed by atoms with Gasteiger partial charge < -0.3 is 18.9 Å². The molecular formula is C23H27NO5. The van der Waals surface area contributed by atoms with Gasteiger partial charge in [-0.1, -0.05) is 12.1 Å². The third-order valence-corrected chi connectivity index (χ3v) is 5.82. The highest BCUT2D eigenvalue weighted by Crippen LogP contribution is 2.50. The van der Waals surface area contributed by atoms with E-state index in [1.165, 1.54) is 5.56 Å². The summed E-state index contributed by atoms with van der Waals surface area (Å²) in [6, 6.07) is 9.90. The Morgan fingerprint density at radius 3 is 2.69 bits per heavy atom. The third kappa shape index (κ3) is 3.90. The van der Waals surface area contributed by atoms with Gasteiger partial charge in [0.05, 0.1) is 14.2 Å². The predicted molar refractivity (Wildman–Crippen MR) is 109 cm³/mol. The van der Waals surface area contributed by atoms with E-state index in [-0.39, 0.29) is 18.6 Å². The highest BCUT2D eigenvalue weighted by Gasteiger charge is 2.34. The summed E-state index contributed by atoms with van der Waals surface area (Å²) >= 11 is 0. The van der Waals surface area contributed by atoms with Gasteiger partial charge in [0.15, 0.2) is 11.5 Å². The van der Waals surface area contributed by atoms with Gasteiger partial charge in [0.2, 0.25) is 12.5 Å². The molecule has 0 saturated heterocycles. The van der Waals surface area contributed by atoms with Crippen LogP contribution in [0.5, 0.6) is 23.0 Å². The number of ether oxygens (including phenoxy) is 4. The number of ketones is 1.